The molecular formula is C26H33NO4. The predicted molar refractivity (Wildman–Crippen MR) is 116 cm³/mol. The lowest BCUT2D eigenvalue weighted by Crippen LogP contribution is -2.80. The molecule has 2 N–H and O–H groups in total. The first-order valence-corrected chi connectivity index (χ1v) is 12.0. The van der Waals surface area contributed by atoms with E-state index in [2.05, 4.69) is 23.1 Å². The zero-order chi connectivity index (χ0) is 21.4. The first-order chi connectivity index (χ1) is 14.8. The number of likely N-dealkylation sites (tertiary alicyclic amines) is 1. The van der Waals surface area contributed by atoms with E-state index < -0.39 is 11.2 Å². The highest BCUT2D eigenvalue weighted by Gasteiger charge is 2.80. The number of phenols is 1. The Hall–Kier alpha value is -1.56. The zero-order valence-corrected chi connectivity index (χ0v) is 18.7. The van der Waals surface area contributed by atoms with Crippen LogP contribution in [0.3, 0.4) is 0 Å². The lowest BCUT2D eigenvalue weighted by atomic mass is 9.36. The predicted octanol–water partition coefficient (Wildman–Crippen LogP) is 3.16. The number of hydrogen-bond acceptors (Lipinski definition) is 5. The van der Waals surface area contributed by atoms with Gasteiger partial charge in [-0.15, -0.1) is 0 Å². The highest BCUT2D eigenvalue weighted by Crippen LogP contribution is 2.75. The van der Waals surface area contributed by atoms with E-state index in [1.807, 2.05) is 19.9 Å². The average Bonchev–Trinajstić information content (AvgIpc) is 3.47. The molecule has 7 aliphatic rings. The Kier molecular flexibility index (Phi) is 3.36. The molecule has 0 amide bonds. The number of methoxy groups -OCH3 is 1. The minimum atomic E-state index is -0.897. The third-order valence-electron chi connectivity index (χ3n) is 9.96. The van der Waals surface area contributed by atoms with Gasteiger partial charge in [0.25, 0.3) is 0 Å². The third-order valence-corrected chi connectivity index (χ3v) is 9.96. The van der Waals surface area contributed by atoms with E-state index in [4.69, 9.17) is 9.47 Å². The molecule has 1 aromatic carbocycles. The highest BCUT2D eigenvalue weighted by molar-refractivity contribution is 5.65. The molecule has 5 nitrogen and oxygen atoms in total. The number of hydrogen-bond donors (Lipinski definition) is 2. The maximum absolute atomic E-state index is 11.3. The molecule has 5 heteroatoms. The summed E-state index contributed by atoms with van der Waals surface area (Å²) in [7, 11) is 1.76. The summed E-state index contributed by atoms with van der Waals surface area (Å²) >= 11 is 0. The summed E-state index contributed by atoms with van der Waals surface area (Å²) in [4.78, 5) is 2.75. The monoisotopic (exact) mass is 423 g/mol. The van der Waals surface area contributed by atoms with E-state index in [1.165, 1.54) is 30.5 Å². The summed E-state index contributed by atoms with van der Waals surface area (Å²) in [5.74, 6) is 1.68. The van der Waals surface area contributed by atoms with Gasteiger partial charge in [0, 0.05) is 36.6 Å². The van der Waals surface area contributed by atoms with Crippen LogP contribution in [-0.2, 0) is 16.6 Å². The Balaban J connectivity index is 1.51. The van der Waals surface area contributed by atoms with Crippen LogP contribution in [0.5, 0.6) is 11.5 Å². The minimum absolute atomic E-state index is 0.0745. The van der Waals surface area contributed by atoms with Gasteiger partial charge in [-0.2, -0.15) is 0 Å². The SMILES string of the molecule is CO[C@@]12C=C[C@]3(C[C@@H]1C(C)(C)O)[C@H]1Cc4ccc(O)c5c4[C@@]3(CCN1CC1CC1)[C@H]2O5. The van der Waals surface area contributed by atoms with Crippen molar-refractivity contribution in [2.24, 2.45) is 17.3 Å². The number of aromatic hydroxyl groups is 1. The molecule has 3 fully saturated rings. The molecule has 5 aliphatic carbocycles. The summed E-state index contributed by atoms with van der Waals surface area (Å²) in [6.45, 7) is 6.09. The summed E-state index contributed by atoms with van der Waals surface area (Å²) in [5, 5.41) is 22.1. The number of fused-ring (bicyclic) bond motifs is 1. The first kappa shape index (κ1) is 19.0. The van der Waals surface area contributed by atoms with Crippen molar-refractivity contribution in [2.75, 3.05) is 20.2 Å². The van der Waals surface area contributed by atoms with Crippen LogP contribution >= 0.6 is 0 Å². The molecule has 6 atom stereocenters. The van der Waals surface area contributed by atoms with Crippen LogP contribution in [0.2, 0.25) is 0 Å². The Labute approximate surface area is 184 Å². The molecule has 1 aromatic rings. The molecule has 2 heterocycles. The largest absolute Gasteiger partial charge is 0.504 e. The third kappa shape index (κ3) is 1.97. The van der Waals surface area contributed by atoms with Gasteiger partial charge < -0.3 is 19.7 Å². The van der Waals surface area contributed by atoms with Crippen LogP contribution in [0, 0.1) is 17.3 Å². The van der Waals surface area contributed by atoms with Crippen LogP contribution in [0.1, 0.15) is 50.7 Å². The molecule has 31 heavy (non-hydrogen) atoms. The molecule has 2 spiro atoms. The quantitative estimate of drug-likeness (QED) is 0.729. The van der Waals surface area contributed by atoms with Crippen molar-refractivity contribution in [2.45, 2.75) is 74.7 Å². The normalized spacial score (nSPS) is 44.3. The fourth-order valence-corrected chi connectivity index (χ4v) is 8.58. The van der Waals surface area contributed by atoms with Gasteiger partial charge >= 0.3 is 0 Å². The van der Waals surface area contributed by atoms with E-state index in [9.17, 15) is 10.2 Å². The standard InChI is InChI=1S/C26H33NO4/c1-23(2,29)18-13-24-8-9-26(18,30-3)22-25(24)10-11-27(14-15-4-5-15)19(24)12-16-6-7-17(28)21(31-22)20(16)25/h6-9,15,18-19,22,28-29H,4-5,10-14H2,1-3H3/t18-,19-,22-,24+,25+,26+/m1/s1. The van der Waals surface area contributed by atoms with Gasteiger partial charge in [0.15, 0.2) is 11.5 Å². The van der Waals surface area contributed by atoms with Crippen molar-refractivity contribution in [3.63, 3.8) is 0 Å². The molecule has 2 aliphatic heterocycles. The van der Waals surface area contributed by atoms with Crippen molar-refractivity contribution >= 4 is 0 Å². The topological polar surface area (TPSA) is 62.2 Å². The Bertz CT molecular complexity index is 1010. The molecule has 8 rings (SSSR count). The second kappa shape index (κ2) is 5.49. The first-order valence-electron chi connectivity index (χ1n) is 12.0. The van der Waals surface area contributed by atoms with Gasteiger partial charge in [0.1, 0.15) is 11.7 Å². The number of nitrogens with zero attached hydrogens (tertiary/aromatic N) is 1. The maximum atomic E-state index is 11.3. The molecule has 4 bridgehead atoms. The fraction of sp³-hybridized carbons (Fsp3) is 0.692. The van der Waals surface area contributed by atoms with Crippen molar-refractivity contribution in [1.82, 2.24) is 4.90 Å². The summed E-state index contributed by atoms with van der Waals surface area (Å²) in [6, 6.07) is 4.33. The smallest absolute Gasteiger partial charge is 0.165 e. The lowest BCUT2D eigenvalue weighted by molar-refractivity contribution is -0.245. The number of piperidine rings is 1. The zero-order valence-electron chi connectivity index (χ0n) is 18.7. The molecule has 0 radical (unpaired) electrons. The number of ether oxygens (including phenoxy) is 2. The van der Waals surface area contributed by atoms with Crippen LogP contribution in [0.25, 0.3) is 0 Å². The van der Waals surface area contributed by atoms with Crippen molar-refractivity contribution in [1.29, 1.82) is 0 Å². The van der Waals surface area contributed by atoms with Gasteiger partial charge in [-0.25, -0.2) is 0 Å². The van der Waals surface area contributed by atoms with Crippen LogP contribution < -0.4 is 4.74 Å². The minimum Gasteiger partial charge on any atom is -0.504 e. The van der Waals surface area contributed by atoms with Gasteiger partial charge in [-0.3, -0.25) is 4.90 Å². The summed E-state index contributed by atoms with van der Waals surface area (Å²) in [6.07, 6.45) is 10.0. The molecule has 0 aromatic heterocycles. The van der Waals surface area contributed by atoms with Crippen molar-refractivity contribution in [3.8, 4) is 11.5 Å². The van der Waals surface area contributed by atoms with Crippen LogP contribution in [0.4, 0.5) is 0 Å². The van der Waals surface area contributed by atoms with E-state index >= 15 is 0 Å². The number of benzene rings is 1. The fourth-order valence-electron chi connectivity index (χ4n) is 8.58. The van der Waals surface area contributed by atoms with Gasteiger partial charge in [-0.05, 0) is 70.0 Å². The van der Waals surface area contributed by atoms with E-state index in [0.717, 1.165) is 31.7 Å². The molecular weight excluding hydrogens is 390 g/mol. The Morgan fingerprint density at radius 1 is 1.26 bits per heavy atom. The van der Waals surface area contributed by atoms with Crippen molar-refractivity contribution < 1.29 is 19.7 Å². The van der Waals surface area contributed by atoms with Crippen molar-refractivity contribution in [3.05, 3.63) is 35.4 Å². The lowest BCUT2D eigenvalue weighted by Gasteiger charge is -2.72. The van der Waals surface area contributed by atoms with Gasteiger partial charge in [0.05, 0.1) is 11.0 Å². The van der Waals surface area contributed by atoms with E-state index in [1.54, 1.807) is 7.11 Å². The average molecular weight is 424 g/mol. The summed E-state index contributed by atoms with van der Waals surface area (Å²) in [5.41, 5.74) is 0.654. The second-order valence-electron chi connectivity index (χ2n) is 11.7. The van der Waals surface area contributed by atoms with E-state index in [-0.39, 0.29) is 28.6 Å². The summed E-state index contributed by atoms with van der Waals surface area (Å²) < 4.78 is 13.1. The highest BCUT2D eigenvalue weighted by atomic mass is 16.6. The molecule has 1 saturated heterocycles. The van der Waals surface area contributed by atoms with Crippen LogP contribution in [-0.4, -0.2) is 58.7 Å². The number of phenolic OH excluding ortho intramolecular Hbond substituents is 1. The Morgan fingerprint density at radius 3 is 2.77 bits per heavy atom. The molecule has 2 saturated carbocycles. The molecule has 0 unspecified atom stereocenters. The van der Waals surface area contributed by atoms with Gasteiger partial charge in [-0.1, -0.05) is 18.2 Å². The van der Waals surface area contributed by atoms with E-state index in [0.29, 0.717) is 11.8 Å². The van der Waals surface area contributed by atoms with Crippen LogP contribution in [0.15, 0.2) is 24.3 Å². The Morgan fingerprint density at radius 2 is 2.06 bits per heavy atom. The number of rotatable bonds is 4. The molecule has 166 valence electrons. The maximum Gasteiger partial charge on any atom is 0.165 e. The van der Waals surface area contributed by atoms with Gasteiger partial charge in [0.2, 0.25) is 0 Å². The number of aliphatic hydroxyl groups is 1. The second-order valence-corrected chi connectivity index (χ2v) is 11.7.